The lowest BCUT2D eigenvalue weighted by Gasteiger charge is -2.33. The Bertz CT molecular complexity index is 580. The third-order valence-electron chi connectivity index (χ3n) is 3.09. The fourth-order valence-corrected chi connectivity index (χ4v) is 3.05. The van der Waals surface area contributed by atoms with Gasteiger partial charge in [0.1, 0.15) is 0 Å². The van der Waals surface area contributed by atoms with E-state index >= 15 is 0 Å². The molecule has 1 heterocycles. The number of urea groups is 1. The second kappa shape index (κ2) is 6.11. The van der Waals surface area contributed by atoms with Gasteiger partial charge in [-0.05, 0) is 24.3 Å². The van der Waals surface area contributed by atoms with Crippen LogP contribution in [0, 0.1) is 0 Å². The van der Waals surface area contributed by atoms with Crippen molar-refractivity contribution in [2.75, 3.05) is 37.8 Å². The molecule has 0 spiro atoms. The van der Waals surface area contributed by atoms with Crippen LogP contribution in [-0.4, -0.2) is 56.1 Å². The van der Waals surface area contributed by atoms with E-state index in [2.05, 4.69) is 21.2 Å². The first-order chi connectivity index (χ1) is 9.36. The molecule has 1 saturated heterocycles. The molecule has 0 unspecified atom stereocenters. The zero-order valence-electron chi connectivity index (χ0n) is 11.0. The molecule has 0 bridgehead atoms. The number of nitrogens with one attached hydrogen (secondary N) is 1. The standard InChI is InChI=1S/C12H16BrN3O3S/c1-20(18,19)16-8-6-15(7-9-16)12(17)14-11-4-2-10(13)3-5-11/h2-5H,6-9H2,1H3,(H,14,17). The van der Waals surface area contributed by atoms with Crippen LogP contribution in [-0.2, 0) is 10.0 Å². The predicted octanol–water partition coefficient (Wildman–Crippen LogP) is 1.56. The Hall–Kier alpha value is -1.12. The van der Waals surface area contributed by atoms with E-state index in [1.165, 1.54) is 10.6 Å². The van der Waals surface area contributed by atoms with Gasteiger partial charge in [0.15, 0.2) is 0 Å². The van der Waals surface area contributed by atoms with Gasteiger partial charge in [-0.1, -0.05) is 15.9 Å². The van der Waals surface area contributed by atoms with Gasteiger partial charge in [-0.25, -0.2) is 13.2 Å². The summed E-state index contributed by atoms with van der Waals surface area (Å²) in [6.07, 6.45) is 1.19. The number of amides is 2. The van der Waals surface area contributed by atoms with E-state index in [0.717, 1.165) is 4.47 Å². The minimum atomic E-state index is -3.17. The molecule has 0 atom stereocenters. The lowest BCUT2D eigenvalue weighted by molar-refractivity contribution is 0.184. The first kappa shape index (κ1) is 15.3. The van der Waals surface area contributed by atoms with Gasteiger partial charge < -0.3 is 10.2 Å². The number of hydrogen-bond donors (Lipinski definition) is 1. The first-order valence-corrected chi connectivity index (χ1v) is 8.77. The molecule has 2 amide bonds. The number of carbonyl (C=O) groups is 1. The fraction of sp³-hybridized carbons (Fsp3) is 0.417. The van der Waals surface area contributed by atoms with Crippen LogP contribution in [0.2, 0.25) is 0 Å². The summed E-state index contributed by atoms with van der Waals surface area (Å²) in [5.41, 5.74) is 0.712. The van der Waals surface area contributed by atoms with Gasteiger partial charge in [-0.15, -0.1) is 0 Å². The summed E-state index contributed by atoms with van der Waals surface area (Å²) in [5, 5.41) is 2.79. The Balaban J connectivity index is 1.90. The highest BCUT2D eigenvalue weighted by molar-refractivity contribution is 9.10. The number of benzene rings is 1. The van der Waals surface area contributed by atoms with Crippen molar-refractivity contribution in [1.82, 2.24) is 9.21 Å². The summed E-state index contributed by atoms with van der Waals surface area (Å²) >= 11 is 3.33. The van der Waals surface area contributed by atoms with E-state index in [1.54, 1.807) is 17.0 Å². The SMILES string of the molecule is CS(=O)(=O)N1CCN(C(=O)Nc2ccc(Br)cc2)CC1. The van der Waals surface area contributed by atoms with Crippen LogP contribution in [0.3, 0.4) is 0 Å². The highest BCUT2D eigenvalue weighted by Gasteiger charge is 2.25. The number of nitrogens with zero attached hydrogens (tertiary/aromatic N) is 2. The molecule has 1 N–H and O–H groups in total. The lowest BCUT2D eigenvalue weighted by Crippen LogP contribution is -2.51. The molecule has 0 aliphatic carbocycles. The molecule has 6 nitrogen and oxygen atoms in total. The molecular formula is C12H16BrN3O3S. The predicted molar refractivity (Wildman–Crippen MR) is 81.2 cm³/mol. The largest absolute Gasteiger partial charge is 0.322 e. The van der Waals surface area contributed by atoms with Crippen LogP contribution in [0.15, 0.2) is 28.7 Å². The van der Waals surface area contributed by atoms with Gasteiger partial charge in [0.25, 0.3) is 0 Å². The maximum absolute atomic E-state index is 12.0. The molecule has 8 heteroatoms. The van der Waals surface area contributed by atoms with Gasteiger partial charge >= 0.3 is 6.03 Å². The zero-order valence-corrected chi connectivity index (χ0v) is 13.4. The average Bonchev–Trinajstić information content (AvgIpc) is 2.40. The van der Waals surface area contributed by atoms with Crippen LogP contribution in [0.5, 0.6) is 0 Å². The lowest BCUT2D eigenvalue weighted by atomic mass is 10.3. The van der Waals surface area contributed by atoms with E-state index in [1.807, 2.05) is 12.1 Å². The van der Waals surface area contributed by atoms with Gasteiger partial charge in [-0.3, -0.25) is 0 Å². The van der Waals surface area contributed by atoms with Crippen molar-refractivity contribution in [2.24, 2.45) is 0 Å². The molecule has 0 radical (unpaired) electrons. The molecule has 1 aliphatic rings. The summed E-state index contributed by atoms with van der Waals surface area (Å²) in [5.74, 6) is 0. The van der Waals surface area contributed by atoms with Crippen LogP contribution < -0.4 is 5.32 Å². The number of halogens is 1. The van der Waals surface area contributed by atoms with Gasteiger partial charge in [0.05, 0.1) is 6.26 Å². The summed E-state index contributed by atoms with van der Waals surface area (Å²) in [6, 6.07) is 7.08. The maximum atomic E-state index is 12.0. The van der Waals surface area contributed by atoms with Crippen molar-refractivity contribution in [1.29, 1.82) is 0 Å². The summed E-state index contributed by atoms with van der Waals surface area (Å²) in [6.45, 7) is 1.48. The van der Waals surface area contributed by atoms with Crippen molar-refractivity contribution in [3.63, 3.8) is 0 Å². The fourth-order valence-electron chi connectivity index (χ4n) is 1.96. The number of anilines is 1. The molecule has 0 saturated carbocycles. The highest BCUT2D eigenvalue weighted by atomic mass is 79.9. The number of piperazine rings is 1. The molecule has 1 aromatic rings. The van der Waals surface area contributed by atoms with Gasteiger partial charge in [-0.2, -0.15) is 4.31 Å². The third-order valence-corrected chi connectivity index (χ3v) is 4.92. The molecule has 1 fully saturated rings. The Morgan fingerprint density at radius 1 is 1.15 bits per heavy atom. The molecule has 1 aliphatic heterocycles. The van der Waals surface area contributed by atoms with Crippen LogP contribution in [0.4, 0.5) is 10.5 Å². The van der Waals surface area contributed by atoms with E-state index in [4.69, 9.17) is 0 Å². The Labute approximate surface area is 126 Å². The van der Waals surface area contributed by atoms with E-state index < -0.39 is 10.0 Å². The van der Waals surface area contributed by atoms with E-state index in [-0.39, 0.29) is 6.03 Å². The van der Waals surface area contributed by atoms with Crippen LogP contribution in [0.25, 0.3) is 0 Å². The van der Waals surface area contributed by atoms with Gasteiger partial charge in [0.2, 0.25) is 10.0 Å². The minimum absolute atomic E-state index is 0.208. The average molecular weight is 362 g/mol. The first-order valence-electron chi connectivity index (χ1n) is 6.13. The smallest absolute Gasteiger partial charge is 0.321 e. The number of carbonyl (C=O) groups excluding carboxylic acids is 1. The molecule has 110 valence electrons. The molecule has 20 heavy (non-hydrogen) atoms. The van der Waals surface area contributed by atoms with E-state index in [0.29, 0.717) is 31.9 Å². The zero-order chi connectivity index (χ0) is 14.8. The second-order valence-electron chi connectivity index (χ2n) is 4.59. The molecular weight excluding hydrogens is 346 g/mol. The summed E-state index contributed by atoms with van der Waals surface area (Å²) in [7, 11) is -3.17. The maximum Gasteiger partial charge on any atom is 0.321 e. The summed E-state index contributed by atoms with van der Waals surface area (Å²) < 4.78 is 25.1. The Morgan fingerprint density at radius 2 is 1.70 bits per heavy atom. The Morgan fingerprint density at radius 3 is 2.20 bits per heavy atom. The third kappa shape index (κ3) is 3.94. The topological polar surface area (TPSA) is 69.7 Å². The van der Waals surface area contributed by atoms with Gasteiger partial charge in [0, 0.05) is 36.3 Å². The van der Waals surface area contributed by atoms with Crippen molar-refractivity contribution >= 4 is 37.7 Å². The molecule has 0 aromatic heterocycles. The normalized spacial score (nSPS) is 17.0. The van der Waals surface area contributed by atoms with Crippen molar-refractivity contribution < 1.29 is 13.2 Å². The minimum Gasteiger partial charge on any atom is -0.322 e. The van der Waals surface area contributed by atoms with Crippen molar-refractivity contribution in [3.05, 3.63) is 28.7 Å². The quantitative estimate of drug-likeness (QED) is 0.868. The molecule has 1 aromatic carbocycles. The summed E-state index contributed by atoms with van der Waals surface area (Å²) in [4.78, 5) is 13.7. The number of sulfonamides is 1. The second-order valence-corrected chi connectivity index (χ2v) is 7.48. The molecule has 2 rings (SSSR count). The van der Waals surface area contributed by atoms with Crippen LogP contribution >= 0.6 is 15.9 Å². The Kier molecular flexibility index (Phi) is 4.66. The van der Waals surface area contributed by atoms with Crippen molar-refractivity contribution in [2.45, 2.75) is 0 Å². The highest BCUT2D eigenvalue weighted by Crippen LogP contribution is 2.15. The monoisotopic (exact) mass is 361 g/mol. The van der Waals surface area contributed by atoms with Crippen molar-refractivity contribution in [3.8, 4) is 0 Å². The number of hydrogen-bond acceptors (Lipinski definition) is 3. The van der Waals surface area contributed by atoms with Crippen LogP contribution in [0.1, 0.15) is 0 Å². The van der Waals surface area contributed by atoms with E-state index in [9.17, 15) is 13.2 Å². The number of rotatable bonds is 2.